The van der Waals surface area contributed by atoms with E-state index in [0.29, 0.717) is 41.5 Å². The third-order valence-corrected chi connectivity index (χ3v) is 6.64. The smallest absolute Gasteiger partial charge is 0.276 e. The number of thioether (sulfide) groups is 1. The highest BCUT2D eigenvalue weighted by Gasteiger charge is 2.27. The fraction of sp³-hybridized carbons (Fsp3) is 0.200. The van der Waals surface area contributed by atoms with Crippen LogP contribution in [0.1, 0.15) is 12.0 Å². The largest absolute Gasteiger partial charge is 0.485 e. The Kier molecular flexibility index (Phi) is 5.16. The predicted octanol–water partition coefficient (Wildman–Crippen LogP) is 4.84. The van der Waals surface area contributed by atoms with Crippen molar-refractivity contribution in [2.24, 2.45) is 0 Å². The van der Waals surface area contributed by atoms with E-state index in [2.05, 4.69) is 39.0 Å². The fourth-order valence-electron chi connectivity index (χ4n) is 4.18. The van der Waals surface area contributed by atoms with E-state index in [-0.39, 0.29) is 0 Å². The summed E-state index contributed by atoms with van der Waals surface area (Å²) < 4.78 is 19.6. The number of aliphatic hydroxyl groups is 1. The predicted molar refractivity (Wildman–Crippen MR) is 126 cm³/mol. The molecule has 3 heterocycles. The molecule has 0 saturated heterocycles. The minimum absolute atomic E-state index is 0.305. The molecule has 2 aromatic heterocycles. The number of ether oxygens (including phenoxy) is 2. The molecule has 0 spiro atoms. The van der Waals surface area contributed by atoms with E-state index in [1.807, 2.05) is 48.5 Å². The normalized spacial score (nSPS) is 16.3. The first kappa shape index (κ1) is 20.1. The second-order valence-corrected chi connectivity index (χ2v) is 8.85. The van der Waals surface area contributed by atoms with Crippen LogP contribution in [0.2, 0.25) is 0 Å². The Balaban J connectivity index is 1.14. The Bertz CT molecular complexity index is 1380. The van der Waals surface area contributed by atoms with Crippen LogP contribution >= 0.6 is 11.8 Å². The van der Waals surface area contributed by atoms with Crippen LogP contribution < -0.4 is 9.47 Å². The van der Waals surface area contributed by atoms with Crippen LogP contribution in [0.15, 0.2) is 82.4 Å². The molecule has 33 heavy (non-hydrogen) atoms. The number of aromatic nitrogens is 3. The van der Waals surface area contributed by atoms with Gasteiger partial charge in [-0.1, -0.05) is 60.3 Å². The minimum Gasteiger partial charge on any atom is -0.485 e. The molecule has 0 amide bonds. The van der Waals surface area contributed by atoms with Gasteiger partial charge in [0, 0.05) is 27.6 Å². The van der Waals surface area contributed by atoms with Gasteiger partial charge in [0.05, 0.1) is 12.6 Å². The summed E-state index contributed by atoms with van der Waals surface area (Å²) in [5, 5.41) is 21.8. The summed E-state index contributed by atoms with van der Waals surface area (Å²) in [6.07, 6.45) is -1.05. The van der Waals surface area contributed by atoms with E-state index >= 15 is 0 Å². The van der Waals surface area contributed by atoms with Gasteiger partial charge >= 0.3 is 0 Å². The second-order valence-electron chi connectivity index (χ2n) is 7.88. The molecule has 0 aliphatic carbocycles. The average molecular weight is 460 g/mol. The lowest BCUT2D eigenvalue weighted by Gasteiger charge is -2.23. The van der Waals surface area contributed by atoms with Gasteiger partial charge in [0.15, 0.2) is 11.5 Å². The SMILES string of the molecule is OC(CSc1nnc(C2COc3ccccc3O2)o1)Cn1c2ccccc2c2ccccc21. The van der Waals surface area contributed by atoms with E-state index in [1.54, 1.807) is 0 Å². The molecule has 166 valence electrons. The van der Waals surface area contributed by atoms with Crippen molar-refractivity contribution in [3.63, 3.8) is 0 Å². The van der Waals surface area contributed by atoms with E-state index in [1.165, 1.54) is 22.5 Å². The lowest BCUT2D eigenvalue weighted by molar-refractivity contribution is 0.0686. The summed E-state index contributed by atoms with van der Waals surface area (Å²) in [5.74, 6) is 2.15. The van der Waals surface area contributed by atoms with E-state index in [0.717, 1.165) is 11.0 Å². The van der Waals surface area contributed by atoms with Gasteiger partial charge in [-0.3, -0.25) is 0 Å². The van der Waals surface area contributed by atoms with Crippen molar-refractivity contribution < 1.29 is 19.0 Å². The highest BCUT2D eigenvalue weighted by atomic mass is 32.2. The van der Waals surface area contributed by atoms with Gasteiger partial charge in [-0.2, -0.15) is 0 Å². The maximum atomic E-state index is 10.8. The standard InChI is InChI=1S/C25H21N3O4S/c29-16(13-28-19-9-3-1-7-17(19)18-8-2-4-10-20(18)28)15-33-25-27-26-24(32-25)23-14-30-21-11-5-6-12-22(21)31-23/h1-12,16,23,29H,13-15H2. The highest BCUT2D eigenvalue weighted by Crippen LogP contribution is 2.36. The third kappa shape index (κ3) is 3.81. The first-order chi connectivity index (χ1) is 16.3. The Morgan fingerprint density at radius 1 is 0.909 bits per heavy atom. The van der Waals surface area contributed by atoms with Crippen LogP contribution in [0.4, 0.5) is 0 Å². The molecule has 2 atom stereocenters. The molecule has 5 aromatic rings. The molecule has 6 rings (SSSR count). The molecule has 2 unspecified atom stereocenters. The van der Waals surface area contributed by atoms with Crippen LogP contribution in [0.3, 0.4) is 0 Å². The van der Waals surface area contributed by atoms with Gasteiger partial charge in [-0.15, -0.1) is 10.2 Å². The van der Waals surface area contributed by atoms with Gasteiger partial charge in [0.1, 0.15) is 6.61 Å². The zero-order valence-corrected chi connectivity index (χ0v) is 18.4. The number of benzene rings is 3. The van der Waals surface area contributed by atoms with Gasteiger partial charge in [0.25, 0.3) is 11.1 Å². The quantitative estimate of drug-likeness (QED) is 0.364. The molecular weight excluding hydrogens is 438 g/mol. The van der Waals surface area contributed by atoms with Gasteiger partial charge in [-0.25, -0.2) is 0 Å². The van der Waals surface area contributed by atoms with Crippen LogP contribution in [0.5, 0.6) is 11.5 Å². The number of aliphatic hydroxyl groups excluding tert-OH is 1. The van der Waals surface area contributed by atoms with E-state index in [9.17, 15) is 5.11 Å². The van der Waals surface area contributed by atoms with Crippen LogP contribution in [0, 0.1) is 0 Å². The van der Waals surface area contributed by atoms with Crippen LogP contribution in [0.25, 0.3) is 21.8 Å². The number of hydrogen-bond acceptors (Lipinski definition) is 7. The number of para-hydroxylation sites is 4. The second kappa shape index (κ2) is 8.46. The van der Waals surface area contributed by atoms with Crippen molar-refractivity contribution in [2.75, 3.05) is 12.4 Å². The lowest BCUT2D eigenvalue weighted by atomic mass is 10.2. The molecule has 1 aliphatic heterocycles. The molecule has 7 nitrogen and oxygen atoms in total. The van der Waals surface area contributed by atoms with Crippen LogP contribution in [-0.4, -0.2) is 38.3 Å². The molecule has 1 N–H and O–H groups in total. The number of nitrogens with zero attached hydrogens (tertiary/aromatic N) is 3. The topological polar surface area (TPSA) is 82.5 Å². The fourth-order valence-corrected chi connectivity index (χ4v) is 4.86. The Morgan fingerprint density at radius 3 is 2.33 bits per heavy atom. The molecule has 0 fully saturated rings. The first-order valence-electron chi connectivity index (χ1n) is 10.7. The Hall–Kier alpha value is -3.49. The minimum atomic E-state index is -0.592. The van der Waals surface area contributed by atoms with Crippen molar-refractivity contribution in [1.82, 2.24) is 14.8 Å². The van der Waals surface area contributed by atoms with Gasteiger partial charge < -0.3 is 23.6 Å². The zero-order valence-electron chi connectivity index (χ0n) is 17.6. The lowest BCUT2D eigenvalue weighted by Crippen LogP contribution is -2.21. The molecule has 0 saturated carbocycles. The van der Waals surface area contributed by atoms with Gasteiger partial charge in [0.2, 0.25) is 6.10 Å². The highest BCUT2D eigenvalue weighted by molar-refractivity contribution is 7.99. The Labute approximate surface area is 193 Å². The maximum Gasteiger partial charge on any atom is 0.276 e. The zero-order chi connectivity index (χ0) is 22.2. The van der Waals surface area contributed by atoms with Gasteiger partial charge in [-0.05, 0) is 24.3 Å². The summed E-state index contributed by atoms with van der Waals surface area (Å²) in [4.78, 5) is 0. The summed E-state index contributed by atoms with van der Waals surface area (Å²) in [6.45, 7) is 0.776. The summed E-state index contributed by atoms with van der Waals surface area (Å²) in [7, 11) is 0. The number of hydrogen-bond donors (Lipinski definition) is 1. The summed E-state index contributed by atoms with van der Waals surface area (Å²) >= 11 is 1.33. The number of rotatable bonds is 6. The maximum absolute atomic E-state index is 10.8. The average Bonchev–Trinajstić information content (AvgIpc) is 3.46. The molecule has 3 aromatic carbocycles. The van der Waals surface area contributed by atoms with Crippen molar-refractivity contribution in [3.05, 3.63) is 78.7 Å². The molecule has 0 bridgehead atoms. The van der Waals surface area contributed by atoms with E-state index in [4.69, 9.17) is 13.9 Å². The van der Waals surface area contributed by atoms with Crippen molar-refractivity contribution >= 4 is 33.6 Å². The number of fused-ring (bicyclic) bond motifs is 4. The summed E-state index contributed by atoms with van der Waals surface area (Å²) in [5.41, 5.74) is 2.22. The molecule has 1 aliphatic rings. The third-order valence-electron chi connectivity index (χ3n) is 5.68. The molecular formula is C25H21N3O4S. The van der Waals surface area contributed by atoms with E-state index < -0.39 is 12.2 Å². The summed E-state index contributed by atoms with van der Waals surface area (Å²) in [6, 6.07) is 24.0. The van der Waals surface area contributed by atoms with Crippen molar-refractivity contribution in [2.45, 2.75) is 24.0 Å². The van der Waals surface area contributed by atoms with Crippen molar-refractivity contribution in [1.29, 1.82) is 0 Å². The van der Waals surface area contributed by atoms with Crippen molar-refractivity contribution in [3.8, 4) is 11.5 Å². The first-order valence-corrected chi connectivity index (χ1v) is 11.7. The molecule has 8 heteroatoms. The Morgan fingerprint density at radius 2 is 1.58 bits per heavy atom. The van der Waals surface area contributed by atoms with Crippen LogP contribution in [-0.2, 0) is 6.54 Å². The molecule has 0 radical (unpaired) electrons. The monoisotopic (exact) mass is 459 g/mol.